The Morgan fingerprint density at radius 1 is 1.41 bits per heavy atom. The van der Waals surface area contributed by atoms with Crippen LogP contribution in [0.4, 0.5) is 17.6 Å². The molecule has 17 heavy (non-hydrogen) atoms. The van der Waals surface area contributed by atoms with Crippen LogP contribution in [0.2, 0.25) is 0 Å². The van der Waals surface area contributed by atoms with E-state index in [4.69, 9.17) is 0 Å². The highest BCUT2D eigenvalue weighted by molar-refractivity contribution is 9.10. The molecule has 0 aromatic heterocycles. The SMILES string of the molecule is CCOC(=O)C(F)(F)c1c(F)ccc(Br)c1F. The number of benzene rings is 1. The van der Waals surface area contributed by atoms with Crippen LogP contribution in [0.1, 0.15) is 12.5 Å². The highest BCUT2D eigenvalue weighted by Crippen LogP contribution is 2.36. The van der Waals surface area contributed by atoms with E-state index in [9.17, 15) is 22.4 Å². The average Bonchev–Trinajstić information content (AvgIpc) is 2.24. The van der Waals surface area contributed by atoms with E-state index >= 15 is 0 Å². The summed E-state index contributed by atoms with van der Waals surface area (Å²) in [6.45, 7) is 0.993. The second-order valence-electron chi connectivity index (χ2n) is 3.01. The molecule has 2 nitrogen and oxygen atoms in total. The van der Waals surface area contributed by atoms with Gasteiger partial charge in [-0.05, 0) is 35.0 Å². The van der Waals surface area contributed by atoms with Gasteiger partial charge < -0.3 is 4.74 Å². The lowest BCUT2D eigenvalue weighted by atomic mass is 10.1. The van der Waals surface area contributed by atoms with Crippen molar-refractivity contribution in [3.8, 4) is 0 Å². The molecule has 0 amide bonds. The summed E-state index contributed by atoms with van der Waals surface area (Å²) in [5.41, 5.74) is -1.62. The highest BCUT2D eigenvalue weighted by Gasteiger charge is 2.47. The Morgan fingerprint density at radius 2 is 2.00 bits per heavy atom. The van der Waals surface area contributed by atoms with Gasteiger partial charge in [0.25, 0.3) is 0 Å². The first-order valence-corrected chi connectivity index (χ1v) is 5.30. The number of hydrogen-bond donors (Lipinski definition) is 0. The third-order valence-corrected chi connectivity index (χ3v) is 2.50. The Balaban J connectivity index is 3.32. The molecule has 0 saturated heterocycles. The van der Waals surface area contributed by atoms with Crippen molar-refractivity contribution < 1.29 is 27.1 Å². The Morgan fingerprint density at radius 3 is 2.53 bits per heavy atom. The quantitative estimate of drug-likeness (QED) is 0.486. The molecule has 1 aromatic rings. The summed E-state index contributed by atoms with van der Waals surface area (Å²) in [4.78, 5) is 11.0. The van der Waals surface area contributed by atoms with Crippen molar-refractivity contribution in [2.75, 3.05) is 6.61 Å². The van der Waals surface area contributed by atoms with Crippen molar-refractivity contribution in [3.63, 3.8) is 0 Å². The molecule has 0 atom stereocenters. The van der Waals surface area contributed by atoms with Crippen LogP contribution in [-0.2, 0) is 15.5 Å². The highest BCUT2D eigenvalue weighted by atomic mass is 79.9. The van der Waals surface area contributed by atoms with Gasteiger partial charge in [-0.2, -0.15) is 8.78 Å². The Bertz CT molecular complexity index is 448. The normalized spacial score (nSPS) is 11.4. The monoisotopic (exact) mass is 314 g/mol. The van der Waals surface area contributed by atoms with E-state index in [0.717, 1.165) is 6.07 Å². The Hall–Kier alpha value is -1.11. The van der Waals surface area contributed by atoms with Crippen molar-refractivity contribution in [1.29, 1.82) is 0 Å². The molecule has 0 aliphatic carbocycles. The summed E-state index contributed by atoms with van der Waals surface area (Å²) in [5.74, 6) is -9.39. The standard InChI is InChI=1S/C10H7BrF4O2/c1-2-17-9(16)10(14,15)7-6(12)4-3-5(11)8(7)13/h3-4H,2H2,1H3. The fourth-order valence-electron chi connectivity index (χ4n) is 1.14. The van der Waals surface area contributed by atoms with Crippen molar-refractivity contribution in [1.82, 2.24) is 0 Å². The molecule has 7 heteroatoms. The Labute approximate surface area is 103 Å². The van der Waals surface area contributed by atoms with Crippen LogP contribution < -0.4 is 0 Å². The van der Waals surface area contributed by atoms with E-state index in [2.05, 4.69) is 20.7 Å². The third-order valence-electron chi connectivity index (χ3n) is 1.89. The van der Waals surface area contributed by atoms with Gasteiger partial charge in [0.1, 0.15) is 17.2 Å². The van der Waals surface area contributed by atoms with Crippen LogP contribution in [0.3, 0.4) is 0 Å². The number of carbonyl (C=O) groups is 1. The first-order valence-electron chi connectivity index (χ1n) is 4.51. The van der Waals surface area contributed by atoms with Gasteiger partial charge in [0.15, 0.2) is 0 Å². The van der Waals surface area contributed by atoms with E-state index in [0.29, 0.717) is 6.07 Å². The fourth-order valence-corrected chi connectivity index (χ4v) is 1.47. The smallest absolute Gasteiger partial charge is 0.382 e. The molecule has 0 heterocycles. The van der Waals surface area contributed by atoms with Gasteiger partial charge in [0, 0.05) is 0 Å². The van der Waals surface area contributed by atoms with Crippen molar-refractivity contribution in [2.24, 2.45) is 0 Å². The number of hydrogen-bond acceptors (Lipinski definition) is 2. The summed E-state index contributed by atoms with van der Waals surface area (Å²) in [5, 5.41) is 0. The van der Waals surface area contributed by atoms with Crippen LogP contribution in [0.15, 0.2) is 16.6 Å². The first-order chi connectivity index (χ1) is 7.82. The molecule has 0 saturated carbocycles. The molecule has 0 aliphatic heterocycles. The summed E-state index contributed by atoms with van der Waals surface area (Å²) < 4.78 is 57.2. The van der Waals surface area contributed by atoms with Gasteiger partial charge in [-0.15, -0.1) is 0 Å². The van der Waals surface area contributed by atoms with E-state index in [1.165, 1.54) is 6.92 Å². The minimum Gasteiger partial charge on any atom is -0.461 e. The van der Waals surface area contributed by atoms with E-state index < -0.39 is 29.1 Å². The molecule has 0 unspecified atom stereocenters. The molecule has 0 spiro atoms. The maximum absolute atomic E-state index is 13.5. The van der Waals surface area contributed by atoms with Gasteiger partial charge in [0.2, 0.25) is 0 Å². The van der Waals surface area contributed by atoms with Gasteiger partial charge in [-0.1, -0.05) is 0 Å². The maximum atomic E-state index is 13.5. The van der Waals surface area contributed by atoms with Gasteiger partial charge in [0.05, 0.1) is 11.1 Å². The molecule has 0 radical (unpaired) electrons. The van der Waals surface area contributed by atoms with E-state index in [1.54, 1.807) is 0 Å². The second-order valence-corrected chi connectivity index (χ2v) is 3.87. The molecule has 0 fully saturated rings. The lowest BCUT2D eigenvalue weighted by Gasteiger charge is -2.16. The van der Waals surface area contributed by atoms with Gasteiger partial charge in [-0.25, -0.2) is 13.6 Å². The van der Waals surface area contributed by atoms with Gasteiger partial charge in [-0.3, -0.25) is 0 Å². The lowest BCUT2D eigenvalue weighted by molar-refractivity contribution is -0.173. The molecule has 0 aliphatic rings. The molecular weight excluding hydrogens is 308 g/mol. The molecule has 0 N–H and O–H groups in total. The predicted molar refractivity (Wildman–Crippen MR) is 54.6 cm³/mol. The minimum absolute atomic E-state index is 0.314. The number of halogens is 5. The summed E-state index contributed by atoms with van der Waals surface area (Å²) in [7, 11) is 0. The van der Waals surface area contributed by atoms with Crippen LogP contribution in [0.25, 0.3) is 0 Å². The molecule has 94 valence electrons. The number of rotatable bonds is 3. The van der Waals surface area contributed by atoms with E-state index in [-0.39, 0.29) is 11.1 Å². The largest absolute Gasteiger partial charge is 0.461 e. The van der Waals surface area contributed by atoms with E-state index in [1.807, 2.05) is 0 Å². The summed E-state index contributed by atoms with van der Waals surface area (Å²) in [6.07, 6.45) is 0. The van der Waals surface area contributed by atoms with Crippen molar-refractivity contribution in [3.05, 3.63) is 33.8 Å². The summed E-state index contributed by atoms with van der Waals surface area (Å²) in [6, 6.07) is 1.56. The van der Waals surface area contributed by atoms with Crippen molar-refractivity contribution >= 4 is 21.9 Å². The second kappa shape index (κ2) is 5.03. The Kier molecular flexibility index (Phi) is 4.13. The molecule has 1 rings (SSSR count). The van der Waals surface area contributed by atoms with Crippen LogP contribution in [0.5, 0.6) is 0 Å². The third kappa shape index (κ3) is 2.59. The topological polar surface area (TPSA) is 26.3 Å². The molecule has 0 bridgehead atoms. The average molecular weight is 315 g/mol. The predicted octanol–water partition coefficient (Wildman–Crippen LogP) is 3.38. The zero-order valence-corrected chi connectivity index (χ0v) is 10.2. The minimum atomic E-state index is -4.37. The van der Waals surface area contributed by atoms with Crippen LogP contribution in [-0.4, -0.2) is 12.6 Å². The maximum Gasteiger partial charge on any atom is 0.382 e. The summed E-state index contributed by atoms with van der Waals surface area (Å²) >= 11 is 2.63. The van der Waals surface area contributed by atoms with Gasteiger partial charge >= 0.3 is 11.9 Å². The number of ether oxygens (including phenoxy) is 1. The zero-order chi connectivity index (χ0) is 13.2. The number of carbonyl (C=O) groups excluding carboxylic acids is 1. The van der Waals surface area contributed by atoms with Crippen molar-refractivity contribution in [2.45, 2.75) is 12.8 Å². The van der Waals surface area contributed by atoms with Crippen LogP contribution >= 0.6 is 15.9 Å². The molecular formula is C10H7BrF4O2. The fraction of sp³-hybridized carbons (Fsp3) is 0.300. The van der Waals surface area contributed by atoms with Crippen LogP contribution in [0, 0.1) is 11.6 Å². The number of esters is 1. The first kappa shape index (κ1) is 14.0. The zero-order valence-electron chi connectivity index (χ0n) is 8.57. The lowest BCUT2D eigenvalue weighted by Crippen LogP contribution is -2.30. The number of alkyl halides is 2. The molecule has 1 aromatic carbocycles.